The zero-order valence-corrected chi connectivity index (χ0v) is 12.8. The van der Waals surface area contributed by atoms with Crippen LogP contribution in [0.15, 0.2) is 0 Å². The molecule has 2 N–H and O–H groups in total. The highest BCUT2D eigenvalue weighted by atomic mass is 19.4. The fourth-order valence-corrected chi connectivity index (χ4v) is 3.18. The maximum Gasteiger partial charge on any atom is 0.389 e. The molecule has 1 atom stereocenters. The van der Waals surface area contributed by atoms with Crippen LogP contribution in [0.5, 0.6) is 0 Å². The zero-order valence-electron chi connectivity index (χ0n) is 12.8. The van der Waals surface area contributed by atoms with Crippen LogP contribution in [0.2, 0.25) is 0 Å². The third kappa shape index (κ3) is 5.60. The maximum atomic E-state index is 12.3. The van der Waals surface area contributed by atoms with Crippen molar-refractivity contribution in [2.24, 2.45) is 5.73 Å². The molecule has 0 spiro atoms. The molecular weight excluding hydrogens is 265 g/mol. The Morgan fingerprint density at radius 3 is 2.05 bits per heavy atom. The largest absolute Gasteiger partial charge is 0.389 e. The molecule has 1 aliphatic rings. The molecule has 0 amide bonds. The Balaban J connectivity index is 2.56. The van der Waals surface area contributed by atoms with Crippen molar-refractivity contribution in [2.45, 2.75) is 82.5 Å². The third-order valence-electron chi connectivity index (χ3n) is 4.84. The van der Waals surface area contributed by atoms with Gasteiger partial charge in [-0.05, 0) is 39.7 Å². The number of halogens is 3. The first kappa shape index (κ1) is 17.8. The van der Waals surface area contributed by atoms with Crippen LogP contribution in [0.4, 0.5) is 13.2 Å². The van der Waals surface area contributed by atoms with Crippen LogP contribution in [0.25, 0.3) is 0 Å². The number of nitrogens with zero attached hydrogens (tertiary/aromatic N) is 1. The van der Waals surface area contributed by atoms with Gasteiger partial charge in [0.25, 0.3) is 0 Å². The molecular formula is C15H29F3N2. The summed E-state index contributed by atoms with van der Waals surface area (Å²) in [5, 5.41) is 0. The van der Waals surface area contributed by atoms with Crippen LogP contribution in [0.1, 0.15) is 64.7 Å². The summed E-state index contributed by atoms with van der Waals surface area (Å²) >= 11 is 0. The Bertz CT molecular complexity index is 273. The molecule has 1 fully saturated rings. The Morgan fingerprint density at radius 1 is 1.05 bits per heavy atom. The number of rotatable bonds is 6. The number of alkyl halides is 3. The highest BCUT2D eigenvalue weighted by Crippen LogP contribution is 2.31. The van der Waals surface area contributed by atoms with Crippen molar-refractivity contribution in [3.05, 3.63) is 0 Å². The SMILES string of the molecule is CN(C1CCCCCC1)C(C)(CN)CCCC(F)(F)F. The summed E-state index contributed by atoms with van der Waals surface area (Å²) in [6.07, 6.45) is 3.18. The van der Waals surface area contributed by atoms with Gasteiger partial charge in [-0.3, -0.25) is 4.90 Å². The second kappa shape index (κ2) is 7.64. The molecule has 0 aliphatic heterocycles. The Hall–Kier alpha value is -0.290. The second-order valence-corrected chi connectivity index (χ2v) is 6.43. The van der Waals surface area contributed by atoms with Crippen LogP contribution in [-0.2, 0) is 0 Å². The molecule has 0 heterocycles. The van der Waals surface area contributed by atoms with Gasteiger partial charge < -0.3 is 5.73 Å². The minimum atomic E-state index is -4.06. The van der Waals surface area contributed by atoms with Gasteiger partial charge in [-0.1, -0.05) is 25.7 Å². The summed E-state index contributed by atoms with van der Waals surface area (Å²) in [5.41, 5.74) is 5.56. The van der Waals surface area contributed by atoms with E-state index in [1.54, 1.807) is 0 Å². The Labute approximate surface area is 120 Å². The highest BCUT2D eigenvalue weighted by molar-refractivity contribution is 4.90. The predicted octanol–water partition coefficient (Wildman–Crippen LogP) is 4.09. The molecule has 0 aromatic carbocycles. The van der Waals surface area contributed by atoms with E-state index < -0.39 is 12.6 Å². The summed E-state index contributed by atoms with van der Waals surface area (Å²) in [7, 11) is 2.04. The second-order valence-electron chi connectivity index (χ2n) is 6.43. The van der Waals surface area contributed by atoms with E-state index in [-0.39, 0.29) is 12.0 Å². The summed E-state index contributed by atoms with van der Waals surface area (Å²) in [5.74, 6) is 0. The Morgan fingerprint density at radius 2 is 1.60 bits per heavy atom. The first-order valence-corrected chi connectivity index (χ1v) is 7.78. The topological polar surface area (TPSA) is 29.3 Å². The van der Waals surface area contributed by atoms with Crippen molar-refractivity contribution in [3.63, 3.8) is 0 Å². The maximum absolute atomic E-state index is 12.3. The van der Waals surface area contributed by atoms with Gasteiger partial charge in [0.1, 0.15) is 0 Å². The first-order valence-electron chi connectivity index (χ1n) is 7.78. The minimum Gasteiger partial charge on any atom is -0.329 e. The molecule has 0 saturated heterocycles. The number of likely N-dealkylation sites (N-methyl/N-ethyl adjacent to an activating group) is 1. The van der Waals surface area contributed by atoms with Gasteiger partial charge in [0.05, 0.1) is 0 Å². The molecule has 120 valence electrons. The van der Waals surface area contributed by atoms with E-state index >= 15 is 0 Å². The summed E-state index contributed by atoms with van der Waals surface area (Å²) in [4.78, 5) is 2.26. The smallest absolute Gasteiger partial charge is 0.329 e. The predicted molar refractivity (Wildman–Crippen MR) is 76.6 cm³/mol. The quantitative estimate of drug-likeness (QED) is 0.748. The summed E-state index contributed by atoms with van der Waals surface area (Å²) in [6, 6.07) is 0.469. The molecule has 20 heavy (non-hydrogen) atoms. The van der Waals surface area contributed by atoms with Crippen LogP contribution >= 0.6 is 0 Å². The highest BCUT2D eigenvalue weighted by Gasteiger charge is 2.34. The normalized spacial score (nSPS) is 21.8. The molecule has 0 radical (unpaired) electrons. The van der Waals surface area contributed by atoms with E-state index in [0.29, 0.717) is 19.0 Å². The summed E-state index contributed by atoms with van der Waals surface area (Å²) in [6.45, 7) is 2.42. The fraction of sp³-hybridized carbons (Fsp3) is 1.00. The van der Waals surface area contributed by atoms with Crippen molar-refractivity contribution in [3.8, 4) is 0 Å². The minimum absolute atomic E-state index is 0.161. The lowest BCUT2D eigenvalue weighted by Gasteiger charge is -2.43. The van der Waals surface area contributed by atoms with E-state index in [9.17, 15) is 13.2 Å². The first-order chi connectivity index (χ1) is 9.28. The lowest BCUT2D eigenvalue weighted by Crippen LogP contribution is -2.54. The van der Waals surface area contributed by atoms with Crippen LogP contribution in [0.3, 0.4) is 0 Å². The van der Waals surface area contributed by atoms with Gasteiger partial charge in [0, 0.05) is 24.5 Å². The van der Waals surface area contributed by atoms with Crippen molar-refractivity contribution in [2.75, 3.05) is 13.6 Å². The average Bonchev–Trinajstić information content (AvgIpc) is 2.64. The van der Waals surface area contributed by atoms with Crippen LogP contribution in [0, 0.1) is 0 Å². The van der Waals surface area contributed by atoms with Crippen molar-refractivity contribution >= 4 is 0 Å². The molecule has 1 aliphatic carbocycles. The molecule has 2 nitrogen and oxygen atoms in total. The summed E-state index contributed by atoms with van der Waals surface area (Å²) < 4.78 is 36.9. The number of hydrogen-bond acceptors (Lipinski definition) is 2. The third-order valence-corrected chi connectivity index (χ3v) is 4.84. The lowest BCUT2D eigenvalue weighted by molar-refractivity contribution is -0.137. The van der Waals surface area contributed by atoms with Gasteiger partial charge in [-0.2, -0.15) is 13.2 Å². The monoisotopic (exact) mass is 294 g/mol. The molecule has 0 aromatic rings. The fourth-order valence-electron chi connectivity index (χ4n) is 3.18. The van der Waals surface area contributed by atoms with Gasteiger partial charge in [0.15, 0.2) is 0 Å². The van der Waals surface area contributed by atoms with Crippen LogP contribution in [-0.4, -0.2) is 36.2 Å². The molecule has 0 aromatic heterocycles. The van der Waals surface area contributed by atoms with E-state index in [1.807, 2.05) is 14.0 Å². The molecule has 1 unspecified atom stereocenters. The Kier molecular flexibility index (Phi) is 6.79. The van der Waals surface area contributed by atoms with Gasteiger partial charge in [-0.15, -0.1) is 0 Å². The number of nitrogens with two attached hydrogens (primary N) is 1. The number of hydrogen-bond donors (Lipinski definition) is 1. The van der Waals surface area contributed by atoms with Gasteiger partial charge >= 0.3 is 6.18 Å². The lowest BCUT2D eigenvalue weighted by atomic mass is 9.90. The van der Waals surface area contributed by atoms with Crippen LogP contribution < -0.4 is 5.73 Å². The van der Waals surface area contributed by atoms with Gasteiger partial charge in [0.2, 0.25) is 0 Å². The van der Waals surface area contributed by atoms with E-state index in [4.69, 9.17) is 5.73 Å². The standard InChI is InChI=1S/C15H29F3N2/c1-14(12-19,10-7-11-15(16,17)18)20(2)13-8-5-3-4-6-9-13/h13H,3-12,19H2,1-2H3. The van der Waals surface area contributed by atoms with Crippen molar-refractivity contribution in [1.82, 2.24) is 4.90 Å². The van der Waals surface area contributed by atoms with E-state index in [0.717, 1.165) is 12.8 Å². The van der Waals surface area contributed by atoms with E-state index in [1.165, 1.54) is 25.7 Å². The average molecular weight is 294 g/mol. The molecule has 1 rings (SSSR count). The van der Waals surface area contributed by atoms with Crippen molar-refractivity contribution in [1.29, 1.82) is 0 Å². The van der Waals surface area contributed by atoms with Crippen molar-refractivity contribution < 1.29 is 13.2 Å². The molecule has 0 bridgehead atoms. The van der Waals surface area contributed by atoms with Gasteiger partial charge in [-0.25, -0.2) is 0 Å². The molecule has 1 saturated carbocycles. The molecule has 5 heteroatoms. The van der Waals surface area contributed by atoms with E-state index in [2.05, 4.69) is 4.90 Å². The zero-order chi connectivity index (χ0) is 15.2.